The van der Waals surface area contributed by atoms with Crippen molar-refractivity contribution in [3.63, 3.8) is 0 Å². The summed E-state index contributed by atoms with van der Waals surface area (Å²) in [6, 6.07) is 20.6. The van der Waals surface area contributed by atoms with Crippen molar-refractivity contribution in [1.82, 2.24) is 4.57 Å². The molecule has 3 aromatic rings. The highest BCUT2D eigenvalue weighted by molar-refractivity contribution is 7.98. The second-order valence-corrected chi connectivity index (χ2v) is 5.93. The molecule has 1 aromatic heterocycles. The number of thioether (sulfide) groups is 1. The second-order valence-electron chi connectivity index (χ2n) is 4.47. The first-order chi connectivity index (χ1) is 9.83. The number of benzene rings is 2. The molecule has 100 valence electrons. The topological polar surface area (TPSA) is 4.93 Å². The predicted molar refractivity (Wildman–Crippen MR) is 86.8 cm³/mol. The number of rotatable bonds is 4. The molecule has 0 atom stereocenters. The van der Waals surface area contributed by atoms with Gasteiger partial charge in [0.15, 0.2) is 0 Å². The maximum Gasteiger partial charge on any atom is 0.0585 e. The summed E-state index contributed by atoms with van der Waals surface area (Å²) < 4.78 is 2.14. The van der Waals surface area contributed by atoms with Crippen LogP contribution >= 0.6 is 23.4 Å². The Morgan fingerprint density at radius 1 is 0.850 bits per heavy atom. The molecule has 0 aliphatic heterocycles. The van der Waals surface area contributed by atoms with Gasteiger partial charge in [0.05, 0.1) is 5.69 Å². The van der Waals surface area contributed by atoms with Crippen LogP contribution in [0.15, 0.2) is 78.0 Å². The molecule has 1 heterocycles. The molecule has 0 saturated heterocycles. The smallest absolute Gasteiger partial charge is 0.0585 e. The molecule has 0 aliphatic rings. The molecule has 0 N–H and O–H groups in total. The summed E-state index contributed by atoms with van der Waals surface area (Å²) in [6.45, 7) is 0. The van der Waals surface area contributed by atoms with Crippen molar-refractivity contribution >= 4 is 23.4 Å². The maximum atomic E-state index is 5.91. The predicted octanol–water partition coefficient (Wildman–Crippen LogP) is 5.42. The van der Waals surface area contributed by atoms with Crippen molar-refractivity contribution < 1.29 is 0 Å². The van der Waals surface area contributed by atoms with Crippen molar-refractivity contribution in [2.45, 2.75) is 10.6 Å². The fourth-order valence-electron chi connectivity index (χ4n) is 2.03. The van der Waals surface area contributed by atoms with Gasteiger partial charge in [0.1, 0.15) is 0 Å². The van der Waals surface area contributed by atoms with E-state index in [0.29, 0.717) is 0 Å². The van der Waals surface area contributed by atoms with Gasteiger partial charge in [-0.15, -0.1) is 11.8 Å². The van der Waals surface area contributed by atoms with E-state index in [0.717, 1.165) is 10.8 Å². The van der Waals surface area contributed by atoms with Crippen LogP contribution in [0.2, 0.25) is 5.02 Å². The third-order valence-electron chi connectivity index (χ3n) is 3.06. The molecule has 0 unspecified atom stereocenters. The van der Waals surface area contributed by atoms with Gasteiger partial charge in [-0.05, 0) is 42.0 Å². The van der Waals surface area contributed by atoms with Crippen LogP contribution in [0.25, 0.3) is 5.69 Å². The van der Waals surface area contributed by atoms with Crippen molar-refractivity contribution in [3.8, 4) is 5.69 Å². The normalized spacial score (nSPS) is 10.7. The minimum Gasteiger partial charge on any atom is -0.323 e. The lowest BCUT2D eigenvalue weighted by Gasteiger charge is -2.10. The van der Waals surface area contributed by atoms with Gasteiger partial charge < -0.3 is 4.57 Å². The Labute approximate surface area is 128 Å². The number of hydrogen-bond acceptors (Lipinski definition) is 1. The first-order valence-corrected chi connectivity index (χ1v) is 7.79. The van der Waals surface area contributed by atoms with Crippen LogP contribution in [0, 0.1) is 0 Å². The number of nitrogens with zero attached hydrogens (tertiary/aromatic N) is 1. The van der Waals surface area contributed by atoms with Gasteiger partial charge >= 0.3 is 0 Å². The summed E-state index contributed by atoms with van der Waals surface area (Å²) in [6.07, 6.45) is 4.14. The highest BCUT2D eigenvalue weighted by Crippen LogP contribution is 2.29. The Bertz CT molecular complexity index is 674. The van der Waals surface area contributed by atoms with E-state index in [9.17, 15) is 0 Å². The summed E-state index contributed by atoms with van der Waals surface area (Å²) in [4.78, 5) is 1.28. The molecule has 0 bridgehead atoms. The monoisotopic (exact) mass is 299 g/mol. The van der Waals surface area contributed by atoms with E-state index in [1.807, 2.05) is 36.0 Å². The van der Waals surface area contributed by atoms with Crippen molar-refractivity contribution in [2.75, 3.05) is 0 Å². The molecule has 3 heteroatoms. The zero-order chi connectivity index (χ0) is 13.8. The molecule has 0 aliphatic carbocycles. The van der Waals surface area contributed by atoms with E-state index in [4.69, 9.17) is 11.6 Å². The molecule has 0 radical (unpaired) electrons. The zero-order valence-corrected chi connectivity index (χ0v) is 12.4. The molecule has 0 spiro atoms. The van der Waals surface area contributed by atoms with Crippen LogP contribution in [0.5, 0.6) is 0 Å². The van der Waals surface area contributed by atoms with Crippen LogP contribution in [-0.4, -0.2) is 4.57 Å². The first-order valence-electron chi connectivity index (χ1n) is 6.42. The summed E-state index contributed by atoms with van der Waals surface area (Å²) in [5.74, 6) is 0.940. The number of aromatic nitrogens is 1. The van der Waals surface area contributed by atoms with Gasteiger partial charge in [-0.1, -0.05) is 35.9 Å². The SMILES string of the molecule is Clc1ccc(CSc2ccccc2-n2cccc2)cc1. The molecule has 2 aromatic carbocycles. The average molecular weight is 300 g/mol. The number of halogens is 1. The molecular formula is C17H14ClNS. The Hall–Kier alpha value is -1.64. The van der Waals surface area contributed by atoms with Gasteiger partial charge in [0, 0.05) is 28.1 Å². The van der Waals surface area contributed by atoms with Crippen molar-refractivity contribution in [1.29, 1.82) is 0 Å². The molecule has 0 fully saturated rings. The van der Waals surface area contributed by atoms with E-state index >= 15 is 0 Å². The standard InChI is InChI=1S/C17H14ClNS/c18-15-9-7-14(8-10-15)13-20-17-6-2-1-5-16(17)19-11-3-4-12-19/h1-12H,13H2. The minimum atomic E-state index is 0.784. The fourth-order valence-corrected chi connectivity index (χ4v) is 3.17. The largest absolute Gasteiger partial charge is 0.323 e. The van der Waals surface area contributed by atoms with Crippen molar-refractivity contribution in [3.05, 3.63) is 83.6 Å². The zero-order valence-electron chi connectivity index (χ0n) is 10.9. The Kier molecular flexibility index (Phi) is 4.14. The summed E-state index contributed by atoms with van der Waals surface area (Å²) in [5.41, 5.74) is 2.50. The lowest BCUT2D eigenvalue weighted by atomic mass is 10.2. The van der Waals surface area contributed by atoms with Gasteiger partial charge in [-0.3, -0.25) is 0 Å². The highest BCUT2D eigenvalue weighted by Gasteiger charge is 2.04. The summed E-state index contributed by atoms with van der Waals surface area (Å²) >= 11 is 7.75. The summed E-state index contributed by atoms with van der Waals surface area (Å²) in [5, 5.41) is 0.784. The van der Waals surface area contributed by atoms with Gasteiger partial charge in [0.25, 0.3) is 0 Å². The highest BCUT2D eigenvalue weighted by atomic mass is 35.5. The van der Waals surface area contributed by atoms with Crippen molar-refractivity contribution in [2.24, 2.45) is 0 Å². The Morgan fingerprint density at radius 2 is 1.55 bits per heavy atom. The van der Waals surface area contributed by atoms with E-state index in [2.05, 4.69) is 53.4 Å². The number of para-hydroxylation sites is 1. The third-order valence-corrected chi connectivity index (χ3v) is 4.44. The lowest BCUT2D eigenvalue weighted by molar-refractivity contribution is 1.04. The Morgan fingerprint density at radius 3 is 2.30 bits per heavy atom. The van der Waals surface area contributed by atoms with E-state index in [-0.39, 0.29) is 0 Å². The van der Waals surface area contributed by atoms with Gasteiger partial charge in [-0.25, -0.2) is 0 Å². The van der Waals surface area contributed by atoms with Crippen LogP contribution in [0.1, 0.15) is 5.56 Å². The average Bonchev–Trinajstić information content (AvgIpc) is 3.01. The third kappa shape index (κ3) is 3.09. The van der Waals surface area contributed by atoms with Crippen LogP contribution < -0.4 is 0 Å². The fraction of sp³-hybridized carbons (Fsp3) is 0.0588. The molecule has 0 saturated carbocycles. The minimum absolute atomic E-state index is 0.784. The van der Waals surface area contributed by atoms with E-state index < -0.39 is 0 Å². The Balaban J connectivity index is 1.79. The van der Waals surface area contributed by atoms with E-state index in [1.165, 1.54) is 16.1 Å². The van der Waals surface area contributed by atoms with Gasteiger partial charge in [0.2, 0.25) is 0 Å². The molecule has 20 heavy (non-hydrogen) atoms. The lowest BCUT2D eigenvalue weighted by Crippen LogP contribution is -1.92. The van der Waals surface area contributed by atoms with E-state index in [1.54, 1.807) is 0 Å². The molecule has 3 rings (SSSR count). The second kappa shape index (κ2) is 6.21. The molecule has 0 amide bonds. The first kappa shape index (κ1) is 13.3. The summed E-state index contributed by atoms with van der Waals surface area (Å²) in [7, 11) is 0. The quantitative estimate of drug-likeness (QED) is 0.582. The van der Waals surface area contributed by atoms with Crippen LogP contribution in [-0.2, 0) is 5.75 Å². The van der Waals surface area contributed by atoms with Gasteiger partial charge in [-0.2, -0.15) is 0 Å². The molecule has 1 nitrogen and oxygen atoms in total. The molecular weight excluding hydrogens is 286 g/mol. The number of hydrogen-bond donors (Lipinski definition) is 0. The van der Waals surface area contributed by atoms with Crippen LogP contribution in [0.3, 0.4) is 0 Å². The maximum absolute atomic E-state index is 5.91. The van der Waals surface area contributed by atoms with Crippen LogP contribution in [0.4, 0.5) is 0 Å².